The Labute approximate surface area is 95.4 Å². The normalized spacial score (nSPS) is 12.4. The van der Waals surface area contributed by atoms with Crippen molar-refractivity contribution in [3.05, 3.63) is 12.2 Å². The van der Waals surface area contributed by atoms with Crippen molar-refractivity contribution < 1.29 is 31.5 Å². The predicted molar refractivity (Wildman–Crippen MR) is 50.6 cm³/mol. The highest BCUT2D eigenvalue weighted by atomic mass is 19.4. The van der Waals surface area contributed by atoms with Gasteiger partial charge in [0, 0.05) is 5.57 Å². The lowest BCUT2D eigenvalue weighted by molar-refractivity contribution is -0.293. The standard InChI is InChI=1S/C10H13F5O2/c1-3-4-5-7(2)8(16)17-6-9(11,12)10(13,14)15/h2-6H2,1H3. The van der Waals surface area contributed by atoms with Gasteiger partial charge in [-0.05, 0) is 12.8 Å². The van der Waals surface area contributed by atoms with Crippen LogP contribution in [0.25, 0.3) is 0 Å². The second-order valence-corrected chi connectivity index (χ2v) is 3.49. The molecule has 0 bridgehead atoms. The lowest BCUT2D eigenvalue weighted by Gasteiger charge is -2.19. The fourth-order valence-electron chi connectivity index (χ4n) is 0.832. The summed E-state index contributed by atoms with van der Waals surface area (Å²) in [5.74, 6) is -6.25. The van der Waals surface area contributed by atoms with Gasteiger partial charge in [0.15, 0.2) is 6.61 Å². The monoisotopic (exact) mass is 260 g/mol. The summed E-state index contributed by atoms with van der Waals surface area (Å²) in [6, 6.07) is 0. The third-order valence-electron chi connectivity index (χ3n) is 1.92. The minimum atomic E-state index is -5.72. The van der Waals surface area contributed by atoms with Gasteiger partial charge in [-0.3, -0.25) is 0 Å². The van der Waals surface area contributed by atoms with Crippen molar-refractivity contribution >= 4 is 5.97 Å². The van der Waals surface area contributed by atoms with E-state index in [9.17, 15) is 26.7 Å². The van der Waals surface area contributed by atoms with Gasteiger partial charge in [-0.25, -0.2) is 4.79 Å². The van der Waals surface area contributed by atoms with Gasteiger partial charge >= 0.3 is 18.1 Å². The summed E-state index contributed by atoms with van der Waals surface area (Å²) in [5.41, 5.74) is -0.107. The first-order chi connectivity index (χ1) is 7.62. The molecule has 100 valence electrons. The Morgan fingerprint density at radius 2 is 1.76 bits per heavy atom. The number of carbonyl (C=O) groups is 1. The van der Waals surface area contributed by atoms with Gasteiger partial charge in [0.25, 0.3) is 0 Å². The van der Waals surface area contributed by atoms with Crippen LogP contribution in [0.5, 0.6) is 0 Å². The molecule has 0 amide bonds. The van der Waals surface area contributed by atoms with Crippen LogP contribution in [0.1, 0.15) is 26.2 Å². The average molecular weight is 260 g/mol. The first kappa shape index (κ1) is 15.9. The zero-order valence-corrected chi connectivity index (χ0v) is 9.24. The van der Waals surface area contributed by atoms with E-state index >= 15 is 0 Å². The molecule has 0 aliphatic heterocycles. The number of hydrogen-bond donors (Lipinski definition) is 0. The third kappa shape index (κ3) is 5.14. The van der Waals surface area contributed by atoms with E-state index in [4.69, 9.17) is 0 Å². The zero-order chi connectivity index (χ0) is 13.7. The van der Waals surface area contributed by atoms with Crippen LogP contribution in [0, 0.1) is 0 Å². The fourth-order valence-corrected chi connectivity index (χ4v) is 0.832. The third-order valence-corrected chi connectivity index (χ3v) is 1.92. The minimum Gasteiger partial charge on any atom is -0.456 e. The van der Waals surface area contributed by atoms with E-state index in [1.54, 1.807) is 0 Å². The van der Waals surface area contributed by atoms with Gasteiger partial charge in [-0.1, -0.05) is 19.9 Å². The molecule has 0 aliphatic carbocycles. The molecule has 0 rings (SSSR count). The zero-order valence-electron chi connectivity index (χ0n) is 9.24. The number of carbonyl (C=O) groups excluding carboxylic acids is 1. The maximum absolute atomic E-state index is 12.4. The Kier molecular flexibility index (Phi) is 5.57. The molecular formula is C10H13F5O2. The highest BCUT2D eigenvalue weighted by molar-refractivity contribution is 5.87. The number of unbranched alkanes of at least 4 members (excludes halogenated alkanes) is 1. The first-order valence-corrected chi connectivity index (χ1v) is 4.91. The summed E-state index contributed by atoms with van der Waals surface area (Å²) in [4.78, 5) is 11.0. The van der Waals surface area contributed by atoms with Crippen LogP contribution >= 0.6 is 0 Å². The highest BCUT2D eigenvalue weighted by Crippen LogP contribution is 2.35. The molecule has 7 heteroatoms. The van der Waals surface area contributed by atoms with Crippen molar-refractivity contribution in [2.75, 3.05) is 6.61 Å². The molecule has 0 aromatic carbocycles. The van der Waals surface area contributed by atoms with E-state index in [1.165, 1.54) is 0 Å². The van der Waals surface area contributed by atoms with Gasteiger partial charge in [0.1, 0.15) is 0 Å². The van der Waals surface area contributed by atoms with Crippen LogP contribution in [0.4, 0.5) is 22.0 Å². The predicted octanol–water partition coefficient (Wildman–Crippen LogP) is 3.47. The second kappa shape index (κ2) is 5.97. The van der Waals surface area contributed by atoms with Gasteiger partial charge in [0.05, 0.1) is 0 Å². The molecule has 0 saturated carbocycles. The molecule has 0 N–H and O–H groups in total. The van der Waals surface area contributed by atoms with Crippen LogP contribution in [0.2, 0.25) is 0 Å². The molecule has 0 heterocycles. The largest absolute Gasteiger partial charge is 0.456 e. The number of hydrogen-bond acceptors (Lipinski definition) is 2. The number of esters is 1. The Hall–Kier alpha value is -1.14. The minimum absolute atomic E-state index is 0.107. The lowest BCUT2D eigenvalue weighted by Crippen LogP contribution is -2.41. The SMILES string of the molecule is C=C(CCCC)C(=O)OCC(F)(F)C(F)(F)F. The molecule has 0 saturated heterocycles. The lowest BCUT2D eigenvalue weighted by atomic mass is 10.1. The van der Waals surface area contributed by atoms with E-state index in [-0.39, 0.29) is 12.0 Å². The molecule has 0 unspecified atom stereocenters. The van der Waals surface area contributed by atoms with Crippen molar-refractivity contribution in [1.82, 2.24) is 0 Å². The number of rotatable bonds is 6. The molecule has 0 radical (unpaired) electrons. The van der Waals surface area contributed by atoms with Crippen LogP contribution in [-0.4, -0.2) is 24.7 Å². The summed E-state index contributed by atoms with van der Waals surface area (Å²) >= 11 is 0. The Morgan fingerprint density at radius 3 is 2.18 bits per heavy atom. The topological polar surface area (TPSA) is 26.3 Å². The smallest absolute Gasteiger partial charge is 0.456 e. The summed E-state index contributed by atoms with van der Waals surface area (Å²) in [7, 11) is 0. The highest BCUT2D eigenvalue weighted by Gasteiger charge is 2.58. The maximum atomic E-state index is 12.4. The number of ether oxygens (including phenoxy) is 1. The molecule has 0 aliphatic rings. The molecule has 0 aromatic heterocycles. The summed E-state index contributed by atoms with van der Waals surface area (Å²) in [6.07, 6.45) is -4.18. The molecule has 17 heavy (non-hydrogen) atoms. The van der Waals surface area contributed by atoms with Crippen molar-refractivity contribution in [2.24, 2.45) is 0 Å². The molecule has 2 nitrogen and oxygen atoms in total. The average Bonchev–Trinajstić information content (AvgIpc) is 2.20. The van der Waals surface area contributed by atoms with Crippen molar-refractivity contribution in [1.29, 1.82) is 0 Å². The Balaban J connectivity index is 4.21. The van der Waals surface area contributed by atoms with Crippen molar-refractivity contribution in [3.63, 3.8) is 0 Å². The molecule has 0 spiro atoms. The Morgan fingerprint density at radius 1 is 1.24 bits per heavy atom. The van der Waals surface area contributed by atoms with Gasteiger partial charge in [-0.15, -0.1) is 0 Å². The quantitative estimate of drug-likeness (QED) is 0.415. The molecule has 0 atom stereocenters. The van der Waals surface area contributed by atoms with E-state index in [0.717, 1.165) is 6.42 Å². The van der Waals surface area contributed by atoms with Gasteiger partial charge < -0.3 is 4.74 Å². The van der Waals surface area contributed by atoms with Crippen LogP contribution < -0.4 is 0 Å². The van der Waals surface area contributed by atoms with Gasteiger partial charge in [-0.2, -0.15) is 22.0 Å². The first-order valence-electron chi connectivity index (χ1n) is 4.91. The summed E-state index contributed by atoms with van der Waals surface area (Å²) in [5, 5.41) is 0. The number of alkyl halides is 5. The molecule has 0 fully saturated rings. The van der Waals surface area contributed by atoms with Crippen LogP contribution in [0.3, 0.4) is 0 Å². The van der Waals surface area contributed by atoms with Crippen molar-refractivity contribution in [3.8, 4) is 0 Å². The van der Waals surface area contributed by atoms with E-state index in [1.807, 2.05) is 6.92 Å². The second-order valence-electron chi connectivity index (χ2n) is 3.49. The van der Waals surface area contributed by atoms with E-state index < -0.39 is 24.7 Å². The van der Waals surface area contributed by atoms with Gasteiger partial charge in [0.2, 0.25) is 0 Å². The number of halogens is 5. The Bertz CT molecular complexity index is 283. The fraction of sp³-hybridized carbons (Fsp3) is 0.700. The van der Waals surface area contributed by atoms with E-state index in [2.05, 4.69) is 11.3 Å². The van der Waals surface area contributed by atoms with E-state index in [0.29, 0.717) is 6.42 Å². The summed E-state index contributed by atoms with van der Waals surface area (Å²) < 4.78 is 63.8. The van der Waals surface area contributed by atoms with Crippen molar-refractivity contribution in [2.45, 2.75) is 38.3 Å². The van der Waals surface area contributed by atoms with Crippen LogP contribution in [-0.2, 0) is 9.53 Å². The maximum Gasteiger partial charge on any atom is 0.456 e. The summed E-state index contributed by atoms with van der Waals surface area (Å²) in [6.45, 7) is 3.07. The molecule has 0 aromatic rings. The van der Waals surface area contributed by atoms with Crippen LogP contribution in [0.15, 0.2) is 12.2 Å². The molecular weight excluding hydrogens is 247 g/mol.